The lowest BCUT2D eigenvalue weighted by molar-refractivity contribution is -0.131. The first-order chi connectivity index (χ1) is 12.3. The van der Waals surface area contributed by atoms with Crippen LogP contribution in [0.3, 0.4) is 0 Å². The van der Waals surface area contributed by atoms with Gasteiger partial charge >= 0.3 is 0 Å². The number of amides is 1. The van der Waals surface area contributed by atoms with E-state index in [9.17, 15) is 14.7 Å². The fraction of sp³-hybridized carbons (Fsp3) is 0.474. The molecule has 26 heavy (non-hydrogen) atoms. The fourth-order valence-corrected chi connectivity index (χ4v) is 4.27. The first kappa shape index (κ1) is 19.2. The predicted molar refractivity (Wildman–Crippen MR) is 103 cm³/mol. The van der Waals surface area contributed by atoms with Gasteiger partial charge in [0.2, 0.25) is 5.78 Å². The van der Waals surface area contributed by atoms with E-state index in [1.807, 2.05) is 0 Å². The van der Waals surface area contributed by atoms with Crippen molar-refractivity contribution in [2.24, 2.45) is 5.92 Å². The minimum Gasteiger partial charge on any atom is -0.508 e. The zero-order valence-electron chi connectivity index (χ0n) is 14.9. The van der Waals surface area contributed by atoms with Crippen molar-refractivity contribution >= 4 is 39.2 Å². The third-order valence-corrected chi connectivity index (χ3v) is 6.72. The van der Waals surface area contributed by atoms with Gasteiger partial charge in [0.25, 0.3) is 11.6 Å². The predicted octanol–water partition coefficient (Wildman–Crippen LogP) is 4.35. The molecule has 0 aliphatic carbocycles. The number of rotatable bonds is 5. The van der Waals surface area contributed by atoms with Crippen LogP contribution in [-0.4, -0.2) is 34.5 Å². The minimum atomic E-state index is -1.68. The Kier molecular flexibility index (Phi) is 5.10. The van der Waals surface area contributed by atoms with Crippen LogP contribution in [0.1, 0.15) is 49.0 Å². The Morgan fingerprint density at radius 3 is 2.65 bits per heavy atom. The van der Waals surface area contributed by atoms with Crippen molar-refractivity contribution in [1.82, 2.24) is 4.90 Å². The normalized spacial score (nSPS) is 23.0. The molecule has 140 valence electrons. The van der Waals surface area contributed by atoms with Gasteiger partial charge < -0.3 is 9.84 Å². The molecule has 2 atom stereocenters. The van der Waals surface area contributed by atoms with Crippen LogP contribution in [0.2, 0.25) is 0 Å². The zero-order valence-corrected chi connectivity index (χ0v) is 17.3. The summed E-state index contributed by atoms with van der Waals surface area (Å²) < 4.78 is 6.12. The molecular weight excluding hydrogens is 422 g/mol. The summed E-state index contributed by atoms with van der Waals surface area (Å²) in [6.45, 7) is 4.33. The molecule has 2 aliphatic rings. The van der Waals surface area contributed by atoms with Gasteiger partial charge in [0.1, 0.15) is 21.0 Å². The first-order valence-electron chi connectivity index (χ1n) is 8.68. The summed E-state index contributed by atoms with van der Waals surface area (Å²) in [5.74, 6) is 0.183. The van der Waals surface area contributed by atoms with Gasteiger partial charge in [-0.1, -0.05) is 38.3 Å². The second-order valence-electron chi connectivity index (χ2n) is 6.91. The molecule has 0 saturated heterocycles. The van der Waals surface area contributed by atoms with Gasteiger partial charge in [-0.15, -0.1) is 0 Å². The number of hydrogen-bond donors (Lipinski definition) is 1. The molecule has 0 radical (unpaired) electrons. The number of hydrogen-bond acceptors (Lipinski definition) is 4. The maximum atomic E-state index is 13.1. The largest absolute Gasteiger partial charge is 0.508 e. The standard InChI is InChI=1S/C19H21BrClNO4/c1-4-10(2)6-5-7-11-13(23)9-8-12-15(11)26-19(17(12)24)16(21)14(20)18(25)22(19)3/h8-10,23H,4-7H2,1-3H3. The van der Waals surface area contributed by atoms with Gasteiger partial charge in [-0.2, -0.15) is 0 Å². The van der Waals surface area contributed by atoms with E-state index in [1.54, 1.807) is 0 Å². The van der Waals surface area contributed by atoms with E-state index in [4.69, 9.17) is 16.3 Å². The highest BCUT2D eigenvalue weighted by atomic mass is 79.9. The molecule has 0 fully saturated rings. The Labute approximate surface area is 166 Å². The van der Waals surface area contributed by atoms with Crippen molar-refractivity contribution < 1.29 is 19.4 Å². The number of fused-ring (bicyclic) bond motifs is 1. The van der Waals surface area contributed by atoms with Crippen molar-refractivity contribution in [2.75, 3.05) is 7.05 Å². The van der Waals surface area contributed by atoms with Gasteiger partial charge in [-0.05, 0) is 46.8 Å². The molecule has 2 unspecified atom stereocenters. The Morgan fingerprint density at radius 1 is 1.38 bits per heavy atom. The number of phenolic OH excluding ortho intramolecular Hbond substituents is 1. The second kappa shape index (κ2) is 6.89. The van der Waals surface area contributed by atoms with E-state index in [1.165, 1.54) is 24.1 Å². The molecule has 3 rings (SSSR count). The third kappa shape index (κ3) is 2.65. The first-order valence-corrected chi connectivity index (χ1v) is 9.85. The monoisotopic (exact) mass is 441 g/mol. The number of ether oxygens (including phenoxy) is 1. The number of nitrogens with zero attached hydrogens (tertiary/aromatic N) is 1. The lowest BCUT2D eigenvalue weighted by Crippen LogP contribution is -2.53. The second-order valence-corrected chi connectivity index (χ2v) is 8.08. The number of ketones is 1. The maximum absolute atomic E-state index is 13.1. The van der Waals surface area contributed by atoms with Crippen molar-refractivity contribution in [3.63, 3.8) is 0 Å². The summed E-state index contributed by atoms with van der Waals surface area (Å²) in [4.78, 5) is 26.5. The molecule has 0 aromatic heterocycles. The van der Waals surface area contributed by atoms with Crippen LogP contribution in [0.5, 0.6) is 11.5 Å². The number of carbonyl (C=O) groups is 2. The highest BCUT2D eigenvalue weighted by Gasteiger charge is 2.61. The van der Waals surface area contributed by atoms with Crippen LogP contribution >= 0.6 is 27.5 Å². The Bertz CT molecular complexity index is 822. The van der Waals surface area contributed by atoms with Crippen LogP contribution in [0.25, 0.3) is 0 Å². The number of benzene rings is 1. The number of halogens is 2. The van der Waals surface area contributed by atoms with E-state index in [0.717, 1.165) is 19.3 Å². The summed E-state index contributed by atoms with van der Waals surface area (Å²) in [7, 11) is 1.48. The van der Waals surface area contributed by atoms with Crippen LogP contribution in [0, 0.1) is 5.92 Å². The van der Waals surface area contributed by atoms with Gasteiger partial charge in [0.15, 0.2) is 0 Å². The average molecular weight is 443 g/mol. The highest BCUT2D eigenvalue weighted by molar-refractivity contribution is 9.12. The summed E-state index contributed by atoms with van der Waals surface area (Å²) in [5.41, 5.74) is -0.760. The number of phenols is 1. The van der Waals surface area contributed by atoms with E-state index in [2.05, 4.69) is 29.8 Å². The molecule has 1 aromatic carbocycles. The molecular formula is C19H21BrClNO4. The quantitative estimate of drug-likeness (QED) is 0.736. The number of aromatic hydroxyl groups is 1. The molecule has 0 bridgehead atoms. The summed E-state index contributed by atoms with van der Waals surface area (Å²) in [6.07, 6.45) is 3.57. The average Bonchev–Trinajstić information content (AvgIpc) is 3.01. The molecule has 2 heterocycles. The lowest BCUT2D eigenvalue weighted by atomic mass is 9.96. The summed E-state index contributed by atoms with van der Waals surface area (Å²) >= 11 is 9.46. The Morgan fingerprint density at radius 2 is 2.08 bits per heavy atom. The van der Waals surface area contributed by atoms with Crippen molar-refractivity contribution in [3.8, 4) is 11.5 Å². The highest BCUT2D eigenvalue weighted by Crippen LogP contribution is 2.51. The molecule has 7 heteroatoms. The lowest BCUT2D eigenvalue weighted by Gasteiger charge is -2.30. The molecule has 1 aromatic rings. The molecule has 1 spiro atoms. The SMILES string of the molecule is CCC(C)CCCc1c(O)ccc2c1OC1(C2=O)C(Cl)=C(Br)C(=O)N1C. The molecule has 1 amide bonds. The number of carbonyl (C=O) groups excluding carboxylic acids is 2. The molecule has 0 saturated carbocycles. The third-order valence-electron chi connectivity index (χ3n) is 5.31. The van der Waals surface area contributed by atoms with Gasteiger partial charge in [-0.3, -0.25) is 14.5 Å². The molecule has 1 N–H and O–H groups in total. The van der Waals surface area contributed by atoms with Crippen LogP contribution in [0.4, 0.5) is 0 Å². The summed E-state index contributed by atoms with van der Waals surface area (Å²) in [5, 5.41) is 10.3. The topological polar surface area (TPSA) is 66.8 Å². The van der Waals surface area contributed by atoms with Crippen LogP contribution in [0.15, 0.2) is 21.6 Å². The van der Waals surface area contributed by atoms with E-state index in [0.29, 0.717) is 29.2 Å². The fourth-order valence-electron chi connectivity index (χ4n) is 3.41. The van der Waals surface area contributed by atoms with Crippen LogP contribution < -0.4 is 4.74 Å². The van der Waals surface area contributed by atoms with Crippen molar-refractivity contribution in [1.29, 1.82) is 0 Å². The summed E-state index contributed by atoms with van der Waals surface area (Å²) in [6, 6.07) is 3.02. The maximum Gasteiger partial charge on any atom is 0.287 e. The molecule has 5 nitrogen and oxygen atoms in total. The van der Waals surface area contributed by atoms with Crippen LogP contribution in [-0.2, 0) is 11.2 Å². The number of likely N-dealkylation sites (N-methyl/N-ethyl adjacent to an activating group) is 1. The van der Waals surface area contributed by atoms with Gasteiger partial charge in [0, 0.05) is 12.6 Å². The zero-order chi connectivity index (χ0) is 19.2. The van der Waals surface area contributed by atoms with Gasteiger partial charge in [-0.25, -0.2) is 0 Å². The van der Waals surface area contributed by atoms with Crippen molar-refractivity contribution in [3.05, 3.63) is 32.8 Å². The van der Waals surface area contributed by atoms with E-state index in [-0.39, 0.29) is 15.3 Å². The minimum absolute atomic E-state index is 0.0104. The Hall–Kier alpha value is -1.53. The smallest absolute Gasteiger partial charge is 0.287 e. The van der Waals surface area contributed by atoms with Gasteiger partial charge in [0.05, 0.1) is 5.56 Å². The number of Topliss-reactive ketones (excluding diaryl/α,β-unsaturated/α-hetero) is 1. The van der Waals surface area contributed by atoms with E-state index < -0.39 is 17.4 Å². The van der Waals surface area contributed by atoms with Crippen molar-refractivity contribution in [2.45, 2.75) is 45.3 Å². The molecule has 2 aliphatic heterocycles. The van der Waals surface area contributed by atoms with E-state index >= 15 is 0 Å². The Balaban J connectivity index is 1.98.